The van der Waals surface area contributed by atoms with Crippen molar-refractivity contribution in [2.24, 2.45) is 0 Å². The second-order valence-corrected chi connectivity index (χ2v) is 9.57. The Morgan fingerprint density at radius 2 is 1.86 bits per heavy atom. The third kappa shape index (κ3) is 4.49. The molecule has 0 N–H and O–H groups in total. The van der Waals surface area contributed by atoms with Crippen LogP contribution in [-0.2, 0) is 9.84 Å². The highest BCUT2D eigenvalue weighted by Crippen LogP contribution is 2.26. The minimum Gasteiger partial charge on any atom is -0.463 e. The van der Waals surface area contributed by atoms with Crippen LogP contribution in [0.5, 0.6) is 0 Å². The number of rotatable bonds is 5. The van der Waals surface area contributed by atoms with Gasteiger partial charge in [0.25, 0.3) is 5.91 Å². The number of hydrogen-bond donors (Lipinski definition) is 0. The summed E-state index contributed by atoms with van der Waals surface area (Å²) < 4.78 is 28.2. The number of piperazine rings is 1. The maximum absolute atomic E-state index is 13.3. The number of carbonyl (C=O) groups excluding carboxylic acids is 1. The van der Waals surface area contributed by atoms with Crippen LogP contribution in [-0.4, -0.2) is 73.8 Å². The van der Waals surface area contributed by atoms with Crippen molar-refractivity contribution in [3.63, 3.8) is 0 Å². The summed E-state index contributed by atoms with van der Waals surface area (Å²) in [5.74, 6) is 0.720. The van der Waals surface area contributed by atoms with Gasteiger partial charge in [-0.05, 0) is 24.3 Å². The molecule has 0 radical (unpaired) electrons. The minimum atomic E-state index is -2.99. The van der Waals surface area contributed by atoms with Gasteiger partial charge in [0.05, 0.1) is 23.1 Å². The topological polar surface area (TPSA) is 83.7 Å². The maximum Gasteiger partial charge on any atom is 0.254 e. The number of furan rings is 1. The normalized spacial score (nSPS) is 15.7. The van der Waals surface area contributed by atoms with Gasteiger partial charge in [-0.25, -0.2) is 13.4 Å². The van der Waals surface area contributed by atoms with E-state index in [0.29, 0.717) is 49.7 Å². The Hall–Kier alpha value is -2.71. The first-order valence-corrected chi connectivity index (χ1v) is 11.6. The maximum atomic E-state index is 13.3. The molecule has 4 rings (SSSR count). The van der Waals surface area contributed by atoms with Crippen LogP contribution < -0.4 is 0 Å². The molecule has 3 aromatic rings. The molecule has 29 heavy (non-hydrogen) atoms. The molecule has 8 heteroatoms. The first kappa shape index (κ1) is 19.6. The Morgan fingerprint density at radius 3 is 2.55 bits per heavy atom. The largest absolute Gasteiger partial charge is 0.463 e. The lowest BCUT2D eigenvalue weighted by Crippen LogP contribution is -2.49. The van der Waals surface area contributed by atoms with Gasteiger partial charge in [0.1, 0.15) is 15.5 Å². The average molecular weight is 413 g/mol. The van der Waals surface area contributed by atoms with Gasteiger partial charge in [-0.3, -0.25) is 9.69 Å². The molecule has 1 aliphatic rings. The van der Waals surface area contributed by atoms with Crippen LogP contribution in [0.2, 0.25) is 0 Å². The van der Waals surface area contributed by atoms with Crippen molar-refractivity contribution < 1.29 is 17.6 Å². The van der Waals surface area contributed by atoms with E-state index in [-0.39, 0.29) is 11.7 Å². The Kier molecular flexibility index (Phi) is 5.38. The fourth-order valence-electron chi connectivity index (χ4n) is 3.54. The van der Waals surface area contributed by atoms with E-state index in [1.807, 2.05) is 35.2 Å². The number of benzene rings is 1. The van der Waals surface area contributed by atoms with E-state index in [0.717, 1.165) is 10.9 Å². The van der Waals surface area contributed by atoms with Crippen LogP contribution in [0.25, 0.3) is 22.4 Å². The van der Waals surface area contributed by atoms with Crippen LogP contribution in [0.4, 0.5) is 0 Å². The molecule has 0 saturated carbocycles. The molecule has 7 nitrogen and oxygen atoms in total. The highest BCUT2D eigenvalue weighted by Gasteiger charge is 2.25. The smallest absolute Gasteiger partial charge is 0.254 e. The van der Waals surface area contributed by atoms with Crippen molar-refractivity contribution in [3.05, 3.63) is 54.3 Å². The zero-order chi connectivity index (χ0) is 20.4. The Morgan fingerprint density at radius 1 is 1.10 bits per heavy atom. The van der Waals surface area contributed by atoms with Crippen molar-refractivity contribution in [2.45, 2.75) is 0 Å². The van der Waals surface area contributed by atoms with E-state index < -0.39 is 9.84 Å². The van der Waals surface area contributed by atoms with E-state index in [9.17, 15) is 13.2 Å². The summed E-state index contributed by atoms with van der Waals surface area (Å²) in [6.07, 6.45) is 2.83. The Bertz CT molecular complexity index is 1120. The summed E-state index contributed by atoms with van der Waals surface area (Å²) in [6, 6.07) is 13.0. The first-order chi connectivity index (χ1) is 13.9. The van der Waals surface area contributed by atoms with Crippen LogP contribution in [0.3, 0.4) is 0 Å². The molecule has 1 aliphatic heterocycles. The van der Waals surface area contributed by atoms with E-state index >= 15 is 0 Å². The van der Waals surface area contributed by atoms with Gasteiger partial charge in [0.15, 0.2) is 5.76 Å². The summed E-state index contributed by atoms with van der Waals surface area (Å²) in [4.78, 5) is 21.9. The SMILES string of the molecule is CS(=O)(=O)CCN1CCN(C(=O)c2cc(-c3ccco3)nc3ccccc23)CC1. The summed E-state index contributed by atoms with van der Waals surface area (Å²) >= 11 is 0. The predicted octanol–water partition coefficient (Wildman–Crippen LogP) is 2.30. The molecule has 1 saturated heterocycles. The molecule has 152 valence electrons. The van der Waals surface area contributed by atoms with Gasteiger partial charge in [-0.1, -0.05) is 18.2 Å². The standard InChI is InChI=1S/C21H23N3O4S/c1-29(26,27)14-12-23-8-10-24(11-9-23)21(25)17-15-19(20-7-4-13-28-20)22-18-6-3-2-5-16(17)18/h2-7,13,15H,8-12,14H2,1H3. The lowest BCUT2D eigenvalue weighted by molar-refractivity contribution is 0.0646. The predicted molar refractivity (Wildman–Crippen MR) is 111 cm³/mol. The summed E-state index contributed by atoms with van der Waals surface area (Å²) in [6.45, 7) is 2.96. The Labute approximate surface area is 169 Å². The number of fused-ring (bicyclic) bond motifs is 1. The number of pyridine rings is 1. The highest BCUT2D eigenvalue weighted by atomic mass is 32.2. The number of aromatic nitrogens is 1. The average Bonchev–Trinajstić information content (AvgIpc) is 3.26. The van der Waals surface area contributed by atoms with Crippen LogP contribution >= 0.6 is 0 Å². The molecular formula is C21H23N3O4S. The minimum absolute atomic E-state index is 0.0424. The first-order valence-electron chi connectivity index (χ1n) is 9.54. The highest BCUT2D eigenvalue weighted by molar-refractivity contribution is 7.90. The number of carbonyl (C=O) groups is 1. The lowest BCUT2D eigenvalue weighted by Gasteiger charge is -2.34. The molecule has 1 aromatic carbocycles. The second-order valence-electron chi connectivity index (χ2n) is 7.31. The molecule has 0 spiro atoms. The number of nitrogens with zero attached hydrogens (tertiary/aromatic N) is 3. The van der Waals surface area contributed by atoms with Crippen molar-refractivity contribution in [3.8, 4) is 11.5 Å². The third-order valence-corrected chi connectivity index (χ3v) is 6.08. The zero-order valence-corrected chi connectivity index (χ0v) is 17.1. The van der Waals surface area contributed by atoms with Crippen LogP contribution in [0.1, 0.15) is 10.4 Å². The zero-order valence-electron chi connectivity index (χ0n) is 16.2. The quantitative estimate of drug-likeness (QED) is 0.638. The lowest BCUT2D eigenvalue weighted by atomic mass is 10.0. The van der Waals surface area contributed by atoms with Crippen molar-refractivity contribution >= 4 is 26.6 Å². The molecule has 0 bridgehead atoms. The number of amides is 1. The second kappa shape index (κ2) is 7.96. The molecular weight excluding hydrogens is 390 g/mol. The summed E-state index contributed by atoms with van der Waals surface area (Å²) in [7, 11) is -2.99. The van der Waals surface area contributed by atoms with Crippen LogP contribution in [0, 0.1) is 0 Å². The van der Waals surface area contributed by atoms with Gasteiger partial charge >= 0.3 is 0 Å². The fourth-order valence-corrected chi connectivity index (χ4v) is 4.13. The van der Waals surface area contributed by atoms with Gasteiger partial charge in [0, 0.05) is 44.4 Å². The third-order valence-electron chi connectivity index (χ3n) is 5.16. The molecule has 2 aromatic heterocycles. The van der Waals surface area contributed by atoms with E-state index in [2.05, 4.69) is 9.88 Å². The van der Waals surface area contributed by atoms with Crippen molar-refractivity contribution in [1.82, 2.24) is 14.8 Å². The number of hydrogen-bond acceptors (Lipinski definition) is 6. The molecule has 0 atom stereocenters. The molecule has 1 amide bonds. The van der Waals surface area contributed by atoms with Gasteiger partial charge in [-0.2, -0.15) is 0 Å². The van der Waals surface area contributed by atoms with E-state index in [1.165, 1.54) is 6.26 Å². The summed E-state index contributed by atoms with van der Waals surface area (Å²) in [5.41, 5.74) is 1.98. The van der Waals surface area contributed by atoms with Crippen LogP contribution in [0.15, 0.2) is 53.1 Å². The fraction of sp³-hybridized carbons (Fsp3) is 0.333. The Balaban J connectivity index is 1.56. The monoisotopic (exact) mass is 413 g/mol. The molecule has 0 unspecified atom stereocenters. The van der Waals surface area contributed by atoms with E-state index in [1.54, 1.807) is 18.4 Å². The van der Waals surface area contributed by atoms with Crippen molar-refractivity contribution in [1.29, 1.82) is 0 Å². The van der Waals surface area contributed by atoms with Gasteiger partial charge < -0.3 is 9.32 Å². The van der Waals surface area contributed by atoms with Gasteiger partial charge in [-0.15, -0.1) is 0 Å². The molecule has 3 heterocycles. The molecule has 1 fully saturated rings. The van der Waals surface area contributed by atoms with Crippen molar-refractivity contribution in [2.75, 3.05) is 44.7 Å². The summed E-state index contributed by atoms with van der Waals surface area (Å²) in [5, 5.41) is 0.812. The van der Waals surface area contributed by atoms with Gasteiger partial charge in [0.2, 0.25) is 0 Å². The number of sulfone groups is 1. The molecule has 0 aliphatic carbocycles. The van der Waals surface area contributed by atoms with E-state index in [4.69, 9.17) is 4.42 Å². The number of para-hydroxylation sites is 1.